The second kappa shape index (κ2) is 6.63. The molecule has 0 amide bonds. The molecule has 5 heteroatoms. The Morgan fingerprint density at radius 2 is 1.95 bits per heavy atom. The number of rotatable bonds is 5. The number of halogens is 1. The van der Waals surface area contributed by atoms with Crippen molar-refractivity contribution >= 4 is 21.6 Å². The first-order chi connectivity index (χ1) is 9.56. The Hall–Kier alpha value is -1.72. The number of nitro groups is 1. The van der Waals surface area contributed by atoms with Crippen molar-refractivity contribution in [1.29, 1.82) is 0 Å². The van der Waals surface area contributed by atoms with Crippen molar-refractivity contribution in [2.75, 3.05) is 0 Å². The standard InChI is InChI=1S/C15H15BrN2O2/c1-11(13-3-2-4-14(16)9-13)17-10-12-5-7-15(8-6-12)18(19)20/h2-9,11,17H,10H2,1H3/t11-/m1/s1. The van der Waals surface area contributed by atoms with Gasteiger partial charge in [-0.2, -0.15) is 0 Å². The van der Waals surface area contributed by atoms with Crippen LogP contribution in [-0.4, -0.2) is 4.92 Å². The number of nitrogens with zero attached hydrogens (tertiary/aromatic N) is 1. The van der Waals surface area contributed by atoms with Crippen LogP contribution in [0.25, 0.3) is 0 Å². The average Bonchev–Trinajstić information content (AvgIpc) is 2.45. The number of non-ortho nitro benzene ring substituents is 1. The lowest BCUT2D eigenvalue weighted by Crippen LogP contribution is -2.18. The van der Waals surface area contributed by atoms with Gasteiger partial charge in [0.25, 0.3) is 5.69 Å². The van der Waals surface area contributed by atoms with Gasteiger partial charge in [-0.1, -0.05) is 40.2 Å². The molecule has 2 aromatic rings. The zero-order valence-electron chi connectivity index (χ0n) is 11.0. The van der Waals surface area contributed by atoms with Crippen molar-refractivity contribution in [2.45, 2.75) is 19.5 Å². The molecule has 20 heavy (non-hydrogen) atoms. The van der Waals surface area contributed by atoms with Crippen molar-refractivity contribution in [2.24, 2.45) is 0 Å². The summed E-state index contributed by atoms with van der Waals surface area (Å²) in [5, 5.41) is 14.0. The Morgan fingerprint density at radius 3 is 2.55 bits per heavy atom. The molecule has 0 heterocycles. The fourth-order valence-electron chi connectivity index (χ4n) is 1.90. The minimum absolute atomic E-state index is 0.119. The molecule has 0 radical (unpaired) electrons. The molecule has 0 aliphatic heterocycles. The van der Waals surface area contributed by atoms with E-state index in [1.807, 2.05) is 12.1 Å². The van der Waals surface area contributed by atoms with Crippen LogP contribution < -0.4 is 5.32 Å². The fourth-order valence-corrected chi connectivity index (χ4v) is 2.32. The molecule has 0 bridgehead atoms. The van der Waals surface area contributed by atoms with Crippen LogP contribution in [0.4, 0.5) is 5.69 Å². The predicted molar refractivity (Wildman–Crippen MR) is 82.5 cm³/mol. The van der Waals surface area contributed by atoms with E-state index in [2.05, 4.69) is 40.3 Å². The van der Waals surface area contributed by atoms with Gasteiger partial charge in [0, 0.05) is 29.2 Å². The molecule has 0 saturated carbocycles. The summed E-state index contributed by atoms with van der Waals surface area (Å²) in [5.74, 6) is 0. The minimum Gasteiger partial charge on any atom is -0.306 e. The van der Waals surface area contributed by atoms with Gasteiger partial charge in [0.15, 0.2) is 0 Å². The Bertz CT molecular complexity index is 599. The molecule has 0 saturated heterocycles. The van der Waals surface area contributed by atoms with Crippen LogP contribution in [0.15, 0.2) is 53.0 Å². The lowest BCUT2D eigenvalue weighted by Gasteiger charge is -2.14. The molecule has 1 atom stereocenters. The molecule has 2 rings (SSSR count). The van der Waals surface area contributed by atoms with Gasteiger partial charge in [0.05, 0.1) is 4.92 Å². The summed E-state index contributed by atoms with van der Waals surface area (Å²) in [6, 6.07) is 15.0. The SMILES string of the molecule is C[C@@H](NCc1ccc([N+](=O)[O-])cc1)c1cccc(Br)c1. The fraction of sp³-hybridized carbons (Fsp3) is 0.200. The van der Waals surface area contributed by atoms with Gasteiger partial charge >= 0.3 is 0 Å². The quantitative estimate of drug-likeness (QED) is 0.658. The molecular weight excluding hydrogens is 320 g/mol. The summed E-state index contributed by atoms with van der Waals surface area (Å²) in [6.45, 7) is 2.76. The van der Waals surface area contributed by atoms with Crippen molar-refractivity contribution in [3.8, 4) is 0 Å². The molecule has 0 spiro atoms. The van der Waals surface area contributed by atoms with Gasteiger partial charge < -0.3 is 5.32 Å². The first-order valence-electron chi connectivity index (χ1n) is 6.28. The minimum atomic E-state index is -0.388. The van der Waals surface area contributed by atoms with Crippen LogP contribution in [0.1, 0.15) is 24.1 Å². The normalized spacial score (nSPS) is 12.1. The predicted octanol–water partition coefficient (Wildman–Crippen LogP) is 4.21. The molecule has 2 aromatic carbocycles. The molecule has 0 aliphatic carbocycles. The van der Waals surface area contributed by atoms with Crippen LogP contribution in [0.5, 0.6) is 0 Å². The van der Waals surface area contributed by atoms with Crippen LogP contribution in [0.3, 0.4) is 0 Å². The van der Waals surface area contributed by atoms with E-state index in [9.17, 15) is 10.1 Å². The van der Waals surface area contributed by atoms with E-state index in [0.29, 0.717) is 6.54 Å². The van der Waals surface area contributed by atoms with Crippen LogP contribution >= 0.6 is 15.9 Å². The Kier molecular flexibility index (Phi) is 4.87. The molecule has 0 unspecified atom stereocenters. The van der Waals surface area contributed by atoms with Gasteiger partial charge in [0.2, 0.25) is 0 Å². The highest BCUT2D eigenvalue weighted by molar-refractivity contribution is 9.10. The topological polar surface area (TPSA) is 55.2 Å². The summed E-state index contributed by atoms with van der Waals surface area (Å²) < 4.78 is 1.05. The zero-order valence-corrected chi connectivity index (χ0v) is 12.6. The maximum atomic E-state index is 10.6. The van der Waals surface area contributed by atoms with Crippen molar-refractivity contribution in [3.63, 3.8) is 0 Å². The molecule has 0 aromatic heterocycles. The third-order valence-electron chi connectivity index (χ3n) is 3.11. The average molecular weight is 335 g/mol. The third-order valence-corrected chi connectivity index (χ3v) is 3.60. The summed E-state index contributed by atoms with van der Waals surface area (Å²) in [7, 11) is 0. The molecule has 4 nitrogen and oxygen atoms in total. The molecule has 1 N–H and O–H groups in total. The van der Waals surface area contributed by atoms with Gasteiger partial charge in [-0.15, -0.1) is 0 Å². The highest BCUT2D eigenvalue weighted by Crippen LogP contribution is 2.18. The Balaban J connectivity index is 1.96. The molecular formula is C15H15BrN2O2. The zero-order chi connectivity index (χ0) is 14.5. The Labute approximate surface area is 126 Å². The van der Waals surface area contributed by atoms with E-state index < -0.39 is 0 Å². The maximum absolute atomic E-state index is 10.6. The summed E-state index contributed by atoms with van der Waals surface area (Å²) in [5.41, 5.74) is 2.34. The highest BCUT2D eigenvalue weighted by Gasteiger charge is 2.07. The van der Waals surface area contributed by atoms with Gasteiger partial charge in [-0.3, -0.25) is 10.1 Å². The van der Waals surface area contributed by atoms with E-state index in [1.54, 1.807) is 12.1 Å². The number of benzene rings is 2. The number of nitro benzene ring substituents is 1. The molecule has 104 valence electrons. The van der Waals surface area contributed by atoms with Gasteiger partial charge in [-0.25, -0.2) is 0 Å². The van der Waals surface area contributed by atoms with Crippen molar-refractivity contribution in [1.82, 2.24) is 5.32 Å². The lowest BCUT2D eigenvalue weighted by molar-refractivity contribution is -0.384. The number of hydrogen-bond donors (Lipinski definition) is 1. The van der Waals surface area contributed by atoms with E-state index in [1.165, 1.54) is 17.7 Å². The van der Waals surface area contributed by atoms with E-state index in [0.717, 1.165) is 10.0 Å². The van der Waals surface area contributed by atoms with Crippen LogP contribution in [0, 0.1) is 10.1 Å². The number of hydrogen-bond acceptors (Lipinski definition) is 3. The van der Waals surface area contributed by atoms with E-state index >= 15 is 0 Å². The molecule has 0 fully saturated rings. The monoisotopic (exact) mass is 334 g/mol. The van der Waals surface area contributed by atoms with Crippen LogP contribution in [-0.2, 0) is 6.54 Å². The van der Waals surface area contributed by atoms with E-state index in [-0.39, 0.29) is 16.7 Å². The maximum Gasteiger partial charge on any atom is 0.269 e. The summed E-state index contributed by atoms with van der Waals surface area (Å²) in [4.78, 5) is 10.2. The lowest BCUT2D eigenvalue weighted by atomic mass is 10.1. The van der Waals surface area contributed by atoms with Crippen LogP contribution in [0.2, 0.25) is 0 Å². The van der Waals surface area contributed by atoms with Crippen molar-refractivity contribution in [3.05, 3.63) is 74.2 Å². The molecule has 0 aliphatic rings. The smallest absolute Gasteiger partial charge is 0.269 e. The first kappa shape index (κ1) is 14.7. The summed E-state index contributed by atoms with van der Waals surface area (Å²) in [6.07, 6.45) is 0. The summed E-state index contributed by atoms with van der Waals surface area (Å²) >= 11 is 3.46. The highest BCUT2D eigenvalue weighted by atomic mass is 79.9. The third kappa shape index (κ3) is 3.88. The van der Waals surface area contributed by atoms with Crippen molar-refractivity contribution < 1.29 is 4.92 Å². The Morgan fingerprint density at radius 1 is 1.25 bits per heavy atom. The largest absolute Gasteiger partial charge is 0.306 e. The number of nitrogens with one attached hydrogen (secondary N) is 1. The second-order valence-electron chi connectivity index (χ2n) is 4.58. The van der Waals surface area contributed by atoms with Gasteiger partial charge in [-0.05, 0) is 30.2 Å². The van der Waals surface area contributed by atoms with E-state index in [4.69, 9.17) is 0 Å². The van der Waals surface area contributed by atoms with Gasteiger partial charge in [0.1, 0.15) is 0 Å². The second-order valence-corrected chi connectivity index (χ2v) is 5.50. The first-order valence-corrected chi connectivity index (χ1v) is 7.08.